The van der Waals surface area contributed by atoms with E-state index in [0.29, 0.717) is 25.9 Å². The molecule has 0 bridgehead atoms. The molecule has 29 heavy (non-hydrogen) atoms. The van der Waals surface area contributed by atoms with Crippen molar-refractivity contribution < 1.29 is 18.7 Å². The number of nitrogens with one attached hydrogen (secondary N) is 2. The SMILES string of the molecule is COc1ccc(C(CNC(=O)CCCNC(=O)c2ccco2)N2CCCC2)cc1. The van der Waals surface area contributed by atoms with Gasteiger partial charge in [-0.2, -0.15) is 0 Å². The summed E-state index contributed by atoms with van der Waals surface area (Å²) in [7, 11) is 1.66. The molecular formula is C22H29N3O4. The van der Waals surface area contributed by atoms with Gasteiger partial charge in [-0.25, -0.2) is 0 Å². The highest BCUT2D eigenvalue weighted by Gasteiger charge is 2.24. The Morgan fingerprint density at radius 3 is 2.55 bits per heavy atom. The third-order valence-corrected chi connectivity index (χ3v) is 5.19. The molecule has 0 radical (unpaired) electrons. The third-order valence-electron chi connectivity index (χ3n) is 5.19. The van der Waals surface area contributed by atoms with E-state index in [2.05, 4.69) is 27.7 Å². The lowest BCUT2D eigenvalue weighted by Crippen LogP contribution is -2.37. The fourth-order valence-corrected chi connectivity index (χ4v) is 3.58. The van der Waals surface area contributed by atoms with E-state index in [9.17, 15) is 9.59 Å². The Kier molecular flexibility index (Phi) is 7.69. The van der Waals surface area contributed by atoms with Crippen LogP contribution in [0.3, 0.4) is 0 Å². The lowest BCUT2D eigenvalue weighted by Gasteiger charge is -2.28. The first-order chi connectivity index (χ1) is 14.2. The smallest absolute Gasteiger partial charge is 0.286 e. The molecule has 2 heterocycles. The maximum absolute atomic E-state index is 12.3. The summed E-state index contributed by atoms with van der Waals surface area (Å²) < 4.78 is 10.3. The molecule has 1 unspecified atom stereocenters. The normalized spacial score (nSPS) is 15.1. The van der Waals surface area contributed by atoms with Gasteiger partial charge in [0.1, 0.15) is 5.75 Å². The van der Waals surface area contributed by atoms with Crippen LogP contribution in [0.4, 0.5) is 0 Å². The first-order valence-electron chi connectivity index (χ1n) is 10.1. The predicted molar refractivity (Wildman–Crippen MR) is 110 cm³/mol. The van der Waals surface area contributed by atoms with E-state index < -0.39 is 0 Å². The highest BCUT2D eigenvalue weighted by atomic mass is 16.5. The molecule has 0 saturated carbocycles. The van der Waals surface area contributed by atoms with Crippen LogP contribution in [-0.4, -0.2) is 50.0 Å². The minimum absolute atomic E-state index is 0.00467. The van der Waals surface area contributed by atoms with E-state index in [4.69, 9.17) is 9.15 Å². The molecule has 0 aliphatic carbocycles. The number of furan rings is 1. The maximum atomic E-state index is 12.3. The van der Waals surface area contributed by atoms with E-state index in [1.807, 2.05) is 12.1 Å². The number of likely N-dealkylation sites (tertiary alicyclic amines) is 1. The van der Waals surface area contributed by atoms with Crippen LogP contribution in [0.15, 0.2) is 47.1 Å². The summed E-state index contributed by atoms with van der Waals surface area (Å²) in [6.07, 6.45) is 4.79. The van der Waals surface area contributed by atoms with Gasteiger partial charge in [0.25, 0.3) is 5.91 Å². The van der Waals surface area contributed by atoms with Crippen molar-refractivity contribution in [3.05, 3.63) is 54.0 Å². The summed E-state index contributed by atoms with van der Waals surface area (Å²) in [6, 6.07) is 11.5. The number of hydrogen-bond acceptors (Lipinski definition) is 5. The van der Waals surface area contributed by atoms with Gasteiger partial charge in [0.05, 0.1) is 19.4 Å². The summed E-state index contributed by atoms with van der Waals surface area (Å²) in [5.74, 6) is 0.843. The third kappa shape index (κ3) is 6.09. The lowest BCUT2D eigenvalue weighted by molar-refractivity contribution is -0.121. The Morgan fingerprint density at radius 1 is 1.14 bits per heavy atom. The average Bonchev–Trinajstić information content (AvgIpc) is 3.46. The molecule has 7 heteroatoms. The average molecular weight is 399 g/mol. The highest BCUT2D eigenvalue weighted by Crippen LogP contribution is 2.26. The van der Waals surface area contributed by atoms with Crippen LogP contribution in [0.5, 0.6) is 5.75 Å². The standard InChI is InChI=1S/C22H29N3O4/c1-28-18-10-8-17(9-11-18)19(25-13-2-3-14-25)16-24-21(26)7-4-12-23-22(27)20-6-5-15-29-20/h5-6,8-11,15,19H,2-4,7,12-14,16H2,1H3,(H,23,27)(H,24,26). The number of methoxy groups -OCH3 is 1. The largest absolute Gasteiger partial charge is 0.497 e. The Balaban J connectivity index is 1.44. The second kappa shape index (κ2) is 10.7. The highest BCUT2D eigenvalue weighted by molar-refractivity contribution is 5.91. The number of ether oxygens (including phenoxy) is 1. The monoisotopic (exact) mass is 399 g/mol. The molecule has 1 aliphatic rings. The van der Waals surface area contributed by atoms with E-state index in [-0.39, 0.29) is 23.6 Å². The van der Waals surface area contributed by atoms with Crippen LogP contribution in [0.1, 0.15) is 47.8 Å². The van der Waals surface area contributed by atoms with Gasteiger partial charge in [-0.15, -0.1) is 0 Å². The summed E-state index contributed by atoms with van der Waals surface area (Å²) in [5, 5.41) is 5.81. The fourth-order valence-electron chi connectivity index (χ4n) is 3.58. The van der Waals surface area contributed by atoms with Crippen molar-refractivity contribution in [1.29, 1.82) is 0 Å². The Labute approximate surface area is 171 Å². The number of carbonyl (C=O) groups excluding carboxylic acids is 2. The van der Waals surface area contributed by atoms with Crippen LogP contribution < -0.4 is 15.4 Å². The molecule has 1 fully saturated rings. The molecule has 7 nitrogen and oxygen atoms in total. The van der Waals surface area contributed by atoms with Gasteiger partial charge in [-0.3, -0.25) is 14.5 Å². The lowest BCUT2D eigenvalue weighted by atomic mass is 10.1. The molecule has 0 spiro atoms. The van der Waals surface area contributed by atoms with E-state index >= 15 is 0 Å². The van der Waals surface area contributed by atoms with Crippen molar-refractivity contribution in [3.63, 3.8) is 0 Å². The van der Waals surface area contributed by atoms with Crippen LogP contribution in [0.2, 0.25) is 0 Å². The van der Waals surface area contributed by atoms with Crippen LogP contribution in [-0.2, 0) is 4.79 Å². The molecule has 1 aromatic heterocycles. The molecule has 2 amide bonds. The van der Waals surface area contributed by atoms with E-state index in [0.717, 1.165) is 18.8 Å². The molecule has 3 rings (SSSR count). The van der Waals surface area contributed by atoms with Gasteiger partial charge in [-0.05, 0) is 62.2 Å². The molecular weight excluding hydrogens is 370 g/mol. The molecule has 156 valence electrons. The summed E-state index contributed by atoms with van der Waals surface area (Å²) in [4.78, 5) is 26.5. The Hall–Kier alpha value is -2.80. The zero-order valence-corrected chi connectivity index (χ0v) is 16.9. The Morgan fingerprint density at radius 2 is 1.90 bits per heavy atom. The summed E-state index contributed by atoms with van der Waals surface area (Å²) in [5.41, 5.74) is 1.18. The fraction of sp³-hybridized carbons (Fsp3) is 0.455. The molecule has 1 atom stereocenters. The maximum Gasteiger partial charge on any atom is 0.286 e. The quantitative estimate of drug-likeness (QED) is 0.600. The number of nitrogens with zero attached hydrogens (tertiary/aromatic N) is 1. The summed E-state index contributed by atoms with van der Waals surface area (Å²) >= 11 is 0. The topological polar surface area (TPSA) is 83.8 Å². The van der Waals surface area contributed by atoms with Gasteiger partial charge in [-0.1, -0.05) is 12.1 Å². The van der Waals surface area contributed by atoms with Crippen molar-refractivity contribution in [2.75, 3.05) is 33.3 Å². The predicted octanol–water partition coefficient (Wildman–Crippen LogP) is 2.75. The number of hydrogen-bond donors (Lipinski definition) is 2. The van der Waals surface area contributed by atoms with E-state index in [1.165, 1.54) is 24.7 Å². The number of carbonyl (C=O) groups is 2. The number of rotatable bonds is 10. The first kappa shape index (κ1) is 20.9. The van der Waals surface area contributed by atoms with Crippen molar-refractivity contribution >= 4 is 11.8 Å². The molecule has 2 aromatic rings. The minimum Gasteiger partial charge on any atom is -0.497 e. The minimum atomic E-state index is -0.260. The van der Waals surface area contributed by atoms with Gasteiger partial charge in [0.15, 0.2) is 5.76 Å². The zero-order chi connectivity index (χ0) is 20.5. The van der Waals surface area contributed by atoms with E-state index in [1.54, 1.807) is 19.2 Å². The molecule has 1 saturated heterocycles. The second-order valence-corrected chi connectivity index (χ2v) is 7.17. The van der Waals surface area contributed by atoms with Crippen molar-refractivity contribution in [3.8, 4) is 5.75 Å². The molecule has 1 aromatic carbocycles. The first-order valence-corrected chi connectivity index (χ1v) is 10.1. The van der Waals surface area contributed by atoms with Crippen LogP contribution in [0, 0.1) is 0 Å². The Bertz CT molecular complexity index is 768. The number of amides is 2. The van der Waals surface area contributed by atoms with Gasteiger partial charge in [0.2, 0.25) is 5.91 Å². The zero-order valence-electron chi connectivity index (χ0n) is 16.9. The van der Waals surface area contributed by atoms with Crippen molar-refractivity contribution in [2.24, 2.45) is 0 Å². The van der Waals surface area contributed by atoms with Gasteiger partial charge in [0, 0.05) is 19.5 Å². The second-order valence-electron chi connectivity index (χ2n) is 7.17. The molecule has 2 N–H and O–H groups in total. The van der Waals surface area contributed by atoms with Gasteiger partial charge >= 0.3 is 0 Å². The van der Waals surface area contributed by atoms with Crippen molar-refractivity contribution in [2.45, 2.75) is 31.7 Å². The van der Waals surface area contributed by atoms with Gasteiger partial charge < -0.3 is 19.8 Å². The van der Waals surface area contributed by atoms with Crippen molar-refractivity contribution in [1.82, 2.24) is 15.5 Å². The van der Waals surface area contributed by atoms with Crippen LogP contribution in [0.25, 0.3) is 0 Å². The summed E-state index contributed by atoms with van der Waals surface area (Å²) in [6.45, 7) is 3.10. The number of benzene rings is 1. The molecule has 1 aliphatic heterocycles. The van der Waals surface area contributed by atoms with Crippen LogP contribution >= 0.6 is 0 Å².